The Labute approximate surface area is 126 Å². The second kappa shape index (κ2) is 7.14. The van der Waals surface area contributed by atoms with E-state index in [-0.39, 0.29) is 24.0 Å². The first kappa shape index (κ1) is 16.1. The number of carboxylic acids is 1. The summed E-state index contributed by atoms with van der Waals surface area (Å²) in [7, 11) is 0. The van der Waals surface area contributed by atoms with Gasteiger partial charge in [0.2, 0.25) is 0 Å². The molecule has 0 heterocycles. The predicted molar refractivity (Wildman–Crippen MR) is 81.0 cm³/mol. The minimum Gasteiger partial charge on any atom is -0.481 e. The first-order valence-electron chi connectivity index (χ1n) is 8.32. The molecular formula is C16H28N2O3. The number of hydrogen-bond acceptors (Lipinski definition) is 2. The molecule has 120 valence electrons. The lowest BCUT2D eigenvalue weighted by Gasteiger charge is -2.29. The molecule has 2 bridgehead atoms. The van der Waals surface area contributed by atoms with Gasteiger partial charge in [0.05, 0.1) is 5.92 Å². The number of carbonyl (C=O) groups excluding carboxylic acids is 1. The van der Waals surface area contributed by atoms with Gasteiger partial charge in [-0.3, -0.25) is 4.79 Å². The molecular weight excluding hydrogens is 268 g/mol. The van der Waals surface area contributed by atoms with Crippen molar-refractivity contribution in [2.75, 3.05) is 0 Å². The van der Waals surface area contributed by atoms with E-state index in [9.17, 15) is 14.7 Å². The standard InChI is InChI=1S/C16H28N2O3/c1-3-4-5-6-10(2)17-16(21)18-14-12-8-7-11(9-12)13(14)15(19)20/h10-14H,3-9H2,1-2H3,(H,19,20)(H2,17,18,21). The van der Waals surface area contributed by atoms with E-state index in [1.807, 2.05) is 6.92 Å². The van der Waals surface area contributed by atoms with Gasteiger partial charge in [0, 0.05) is 12.1 Å². The predicted octanol–water partition coefficient (Wildman–Crippen LogP) is 2.75. The Hall–Kier alpha value is -1.26. The lowest BCUT2D eigenvalue weighted by molar-refractivity contribution is -0.144. The minimum atomic E-state index is -0.761. The Balaban J connectivity index is 1.80. The number of amides is 2. The third kappa shape index (κ3) is 3.89. The number of aliphatic carboxylic acids is 1. The van der Waals surface area contributed by atoms with Gasteiger partial charge in [-0.05, 0) is 44.4 Å². The van der Waals surface area contributed by atoms with Crippen molar-refractivity contribution in [1.29, 1.82) is 0 Å². The highest BCUT2D eigenvalue weighted by atomic mass is 16.4. The van der Waals surface area contributed by atoms with Crippen LogP contribution in [-0.4, -0.2) is 29.2 Å². The fourth-order valence-electron chi connectivity index (χ4n) is 4.04. The van der Waals surface area contributed by atoms with Gasteiger partial charge in [0.1, 0.15) is 0 Å². The molecule has 2 rings (SSSR count). The fourth-order valence-corrected chi connectivity index (χ4v) is 4.04. The summed E-state index contributed by atoms with van der Waals surface area (Å²) in [5.41, 5.74) is 0. The highest BCUT2D eigenvalue weighted by Crippen LogP contribution is 2.48. The second-order valence-corrected chi connectivity index (χ2v) is 6.74. The average molecular weight is 296 g/mol. The van der Waals surface area contributed by atoms with E-state index in [1.54, 1.807) is 0 Å². The Morgan fingerprint density at radius 1 is 1.24 bits per heavy atom. The maximum Gasteiger partial charge on any atom is 0.315 e. The van der Waals surface area contributed by atoms with E-state index in [4.69, 9.17) is 0 Å². The Kier molecular flexibility index (Phi) is 5.48. The van der Waals surface area contributed by atoms with Gasteiger partial charge in [0.25, 0.3) is 0 Å². The molecule has 0 aromatic carbocycles. The summed E-state index contributed by atoms with van der Waals surface area (Å²) in [5.74, 6) is -0.564. The molecule has 0 radical (unpaired) electrons. The van der Waals surface area contributed by atoms with E-state index >= 15 is 0 Å². The summed E-state index contributed by atoms with van der Waals surface area (Å²) in [4.78, 5) is 23.5. The van der Waals surface area contributed by atoms with Crippen LogP contribution < -0.4 is 10.6 Å². The van der Waals surface area contributed by atoms with Crippen molar-refractivity contribution in [3.05, 3.63) is 0 Å². The fraction of sp³-hybridized carbons (Fsp3) is 0.875. The zero-order valence-electron chi connectivity index (χ0n) is 13.1. The summed E-state index contributed by atoms with van der Waals surface area (Å²) < 4.78 is 0. The van der Waals surface area contributed by atoms with E-state index in [1.165, 1.54) is 12.8 Å². The molecule has 21 heavy (non-hydrogen) atoms. The Morgan fingerprint density at radius 3 is 2.62 bits per heavy atom. The van der Waals surface area contributed by atoms with Gasteiger partial charge >= 0.3 is 12.0 Å². The van der Waals surface area contributed by atoms with E-state index in [2.05, 4.69) is 17.6 Å². The summed E-state index contributed by atoms with van der Waals surface area (Å²) in [6.07, 6.45) is 7.43. The number of hydrogen-bond donors (Lipinski definition) is 3. The average Bonchev–Trinajstić information content (AvgIpc) is 2.99. The molecule has 0 aliphatic heterocycles. The van der Waals surface area contributed by atoms with Crippen LogP contribution >= 0.6 is 0 Å². The van der Waals surface area contributed by atoms with Crippen molar-refractivity contribution < 1.29 is 14.7 Å². The van der Waals surface area contributed by atoms with Gasteiger partial charge in [-0.15, -0.1) is 0 Å². The maximum absolute atomic E-state index is 12.1. The van der Waals surface area contributed by atoms with Gasteiger partial charge < -0.3 is 15.7 Å². The van der Waals surface area contributed by atoms with Crippen molar-refractivity contribution >= 4 is 12.0 Å². The molecule has 0 spiro atoms. The van der Waals surface area contributed by atoms with Crippen LogP contribution in [0.2, 0.25) is 0 Å². The van der Waals surface area contributed by atoms with Crippen molar-refractivity contribution in [1.82, 2.24) is 10.6 Å². The minimum absolute atomic E-state index is 0.137. The zero-order chi connectivity index (χ0) is 15.4. The first-order chi connectivity index (χ1) is 10.0. The number of unbranched alkanes of at least 4 members (excludes halogenated alkanes) is 2. The summed E-state index contributed by atoms with van der Waals surface area (Å²) in [6.45, 7) is 4.16. The highest BCUT2D eigenvalue weighted by molar-refractivity contribution is 5.77. The molecule has 2 aliphatic rings. The van der Waals surface area contributed by atoms with E-state index in [0.29, 0.717) is 5.92 Å². The summed E-state index contributed by atoms with van der Waals surface area (Å²) in [6, 6.07) is -0.259. The lowest BCUT2D eigenvalue weighted by Crippen LogP contribution is -2.51. The highest BCUT2D eigenvalue weighted by Gasteiger charge is 2.51. The second-order valence-electron chi connectivity index (χ2n) is 6.74. The van der Waals surface area contributed by atoms with Crippen molar-refractivity contribution in [3.63, 3.8) is 0 Å². The van der Waals surface area contributed by atoms with Crippen LogP contribution in [-0.2, 0) is 4.79 Å². The van der Waals surface area contributed by atoms with Gasteiger partial charge in [-0.2, -0.15) is 0 Å². The van der Waals surface area contributed by atoms with E-state index in [0.717, 1.165) is 32.1 Å². The smallest absolute Gasteiger partial charge is 0.315 e. The molecule has 2 saturated carbocycles. The maximum atomic E-state index is 12.1. The van der Waals surface area contributed by atoms with Crippen LogP contribution in [0.15, 0.2) is 0 Å². The zero-order valence-corrected chi connectivity index (χ0v) is 13.1. The van der Waals surface area contributed by atoms with Crippen LogP contribution in [0.3, 0.4) is 0 Å². The number of urea groups is 1. The van der Waals surface area contributed by atoms with Gasteiger partial charge in [0.15, 0.2) is 0 Å². The number of carbonyl (C=O) groups is 2. The monoisotopic (exact) mass is 296 g/mol. The third-order valence-corrected chi connectivity index (χ3v) is 5.12. The largest absolute Gasteiger partial charge is 0.481 e. The van der Waals surface area contributed by atoms with Gasteiger partial charge in [-0.25, -0.2) is 4.79 Å². The molecule has 2 aliphatic carbocycles. The normalized spacial score (nSPS) is 31.9. The number of carboxylic acid groups (broad SMARTS) is 1. The molecule has 2 amide bonds. The Bertz CT molecular complexity index is 386. The van der Waals surface area contributed by atoms with Gasteiger partial charge in [-0.1, -0.05) is 26.2 Å². The van der Waals surface area contributed by atoms with Crippen molar-refractivity contribution in [2.45, 2.75) is 70.9 Å². The summed E-state index contributed by atoms with van der Waals surface area (Å²) in [5, 5.41) is 15.2. The molecule has 0 aromatic rings. The first-order valence-corrected chi connectivity index (χ1v) is 8.32. The third-order valence-electron chi connectivity index (χ3n) is 5.12. The quantitative estimate of drug-likeness (QED) is 0.632. The Morgan fingerprint density at radius 2 is 1.95 bits per heavy atom. The van der Waals surface area contributed by atoms with Crippen LogP contribution in [0.1, 0.15) is 58.8 Å². The number of rotatable bonds is 7. The summed E-state index contributed by atoms with van der Waals surface area (Å²) >= 11 is 0. The lowest BCUT2D eigenvalue weighted by atomic mass is 9.84. The number of fused-ring (bicyclic) bond motifs is 2. The molecule has 5 unspecified atom stereocenters. The van der Waals surface area contributed by atoms with E-state index < -0.39 is 11.9 Å². The molecule has 5 atom stereocenters. The van der Waals surface area contributed by atoms with Crippen molar-refractivity contribution in [2.24, 2.45) is 17.8 Å². The molecule has 5 heteroatoms. The molecule has 2 fully saturated rings. The SMILES string of the molecule is CCCCCC(C)NC(=O)NC1C2CCC(C2)C1C(=O)O. The van der Waals surface area contributed by atoms with Crippen LogP contribution in [0.4, 0.5) is 4.79 Å². The molecule has 0 aromatic heterocycles. The molecule has 3 N–H and O–H groups in total. The topological polar surface area (TPSA) is 78.4 Å². The van der Waals surface area contributed by atoms with Crippen LogP contribution in [0.25, 0.3) is 0 Å². The number of nitrogens with one attached hydrogen (secondary N) is 2. The molecule has 0 saturated heterocycles. The van der Waals surface area contributed by atoms with Crippen LogP contribution in [0, 0.1) is 17.8 Å². The van der Waals surface area contributed by atoms with Crippen molar-refractivity contribution in [3.8, 4) is 0 Å². The van der Waals surface area contributed by atoms with Crippen LogP contribution in [0.5, 0.6) is 0 Å². The molecule has 5 nitrogen and oxygen atoms in total.